The van der Waals surface area contributed by atoms with Gasteiger partial charge in [-0.1, -0.05) is 30.3 Å². The molecule has 0 bridgehead atoms. The first-order chi connectivity index (χ1) is 13.9. The van der Waals surface area contributed by atoms with Crippen molar-refractivity contribution in [2.45, 2.75) is 6.54 Å². The molecule has 0 atom stereocenters. The van der Waals surface area contributed by atoms with Crippen LogP contribution in [0.5, 0.6) is 11.5 Å². The summed E-state index contributed by atoms with van der Waals surface area (Å²) in [6.07, 6.45) is 0. The molecule has 0 aromatic heterocycles. The van der Waals surface area contributed by atoms with Gasteiger partial charge in [0.1, 0.15) is 0 Å². The van der Waals surface area contributed by atoms with Crippen molar-refractivity contribution < 1.29 is 24.6 Å². The Labute approximate surface area is 165 Å². The van der Waals surface area contributed by atoms with Crippen molar-refractivity contribution in [1.29, 1.82) is 0 Å². The average Bonchev–Trinajstić information content (AvgIpc) is 2.95. The Hall–Kier alpha value is -4.13. The van der Waals surface area contributed by atoms with Crippen LogP contribution in [0.3, 0.4) is 0 Å². The monoisotopic (exact) mass is 388 g/mol. The van der Waals surface area contributed by atoms with Crippen LogP contribution >= 0.6 is 0 Å². The molecule has 0 saturated heterocycles. The molecule has 7 heteroatoms. The molecule has 144 valence electrons. The fraction of sp³-hybridized carbons (Fsp3) is 0.0455. The van der Waals surface area contributed by atoms with Gasteiger partial charge in [-0.2, -0.15) is 0 Å². The van der Waals surface area contributed by atoms with E-state index in [1.165, 1.54) is 35.2 Å². The number of carbonyl (C=O) groups excluding carboxylic acids is 3. The van der Waals surface area contributed by atoms with E-state index in [-0.39, 0.29) is 34.9 Å². The van der Waals surface area contributed by atoms with E-state index in [0.717, 1.165) is 11.6 Å². The topological polar surface area (TPSA) is 107 Å². The second-order valence-electron chi connectivity index (χ2n) is 6.60. The van der Waals surface area contributed by atoms with E-state index in [0.29, 0.717) is 5.69 Å². The summed E-state index contributed by atoms with van der Waals surface area (Å²) in [5, 5.41) is 21.5. The third-order valence-corrected chi connectivity index (χ3v) is 4.65. The summed E-state index contributed by atoms with van der Waals surface area (Å²) < 4.78 is 0. The van der Waals surface area contributed by atoms with Gasteiger partial charge in [0, 0.05) is 11.3 Å². The maximum absolute atomic E-state index is 12.7. The van der Waals surface area contributed by atoms with Crippen LogP contribution in [0.15, 0.2) is 66.7 Å². The summed E-state index contributed by atoms with van der Waals surface area (Å²) in [6, 6.07) is 17.4. The number of rotatable bonds is 4. The lowest BCUT2D eigenvalue weighted by Gasteiger charge is -2.13. The Bertz CT molecular complexity index is 1140. The molecule has 29 heavy (non-hydrogen) atoms. The molecule has 1 heterocycles. The maximum Gasteiger partial charge on any atom is 0.261 e. The van der Waals surface area contributed by atoms with Crippen LogP contribution in [0.1, 0.15) is 36.6 Å². The number of phenolic OH excluding ortho intramolecular Hbond substituents is 2. The minimum atomic E-state index is -0.529. The Morgan fingerprint density at radius 3 is 2.28 bits per heavy atom. The fourth-order valence-corrected chi connectivity index (χ4v) is 3.15. The van der Waals surface area contributed by atoms with Crippen molar-refractivity contribution in [2.75, 3.05) is 5.32 Å². The van der Waals surface area contributed by atoms with Crippen molar-refractivity contribution >= 4 is 23.4 Å². The molecular weight excluding hydrogens is 372 g/mol. The number of anilines is 1. The van der Waals surface area contributed by atoms with Crippen LogP contribution in [0, 0.1) is 0 Å². The molecule has 0 saturated carbocycles. The van der Waals surface area contributed by atoms with Gasteiger partial charge in [0.2, 0.25) is 0 Å². The Balaban J connectivity index is 1.55. The zero-order chi connectivity index (χ0) is 20.5. The van der Waals surface area contributed by atoms with Gasteiger partial charge in [0.25, 0.3) is 17.7 Å². The first-order valence-electron chi connectivity index (χ1n) is 8.81. The van der Waals surface area contributed by atoms with Crippen molar-refractivity contribution in [3.63, 3.8) is 0 Å². The van der Waals surface area contributed by atoms with Crippen molar-refractivity contribution in [3.05, 3.63) is 89.0 Å². The predicted molar refractivity (Wildman–Crippen MR) is 105 cm³/mol. The highest BCUT2D eigenvalue weighted by atomic mass is 16.3. The highest BCUT2D eigenvalue weighted by molar-refractivity contribution is 6.22. The van der Waals surface area contributed by atoms with Gasteiger partial charge in [-0.15, -0.1) is 0 Å². The number of hydrogen-bond acceptors (Lipinski definition) is 5. The number of benzene rings is 3. The van der Waals surface area contributed by atoms with E-state index in [1.807, 2.05) is 30.3 Å². The van der Waals surface area contributed by atoms with Crippen molar-refractivity contribution in [2.24, 2.45) is 0 Å². The lowest BCUT2D eigenvalue weighted by Crippen LogP contribution is -2.29. The molecule has 3 N–H and O–H groups in total. The predicted octanol–water partition coefficient (Wildman–Crippen LogP) is 3.15. The van der Waals surface area contributed by atoms with Crippen LogP contribution in [0.4, 0.5) is 5.69 Å². The Morgan fingerprint density at radius 2 is 1.55 bits per heavy atom. The summed E-state index contributed by atoms with van der Waals surface area (Å²) in [5.74, 6) is -2.08. The van der Waals surface area contributed by atoms with Crippen LogP contribution in [-0.4, -0.2) is 32.8 Å². The highest BCUT2D eigenvalue weighted by Gasteiger charge is 2.35. The minimum Gasteiger partial charge on any atom is -0.504 e. The molecule has 0 aliphatic carbocycles. The van der Waals surface area contributed by atoms with Crippen LogP contribution < -0.4 is 5.32 Å². The number of fused-ring (bicyclic) bond motifs is 1. The van der Waals surface area contributed by atoms with Gasteiger partial charge in [-0.05, 0) is 42.0 Å². The van der Waals surface area contributed by atoms with Crippen molar-refractivity contribution in [3.8, 4) is 11.5 Å². The highest BCUT2D eigenvalue weighted by Crippen LogP contribution is 2.28. The molecule has 1 aliphatic rings. The number of nitrogens with one attached hydrogen (secondary N) is 1. The number of nitrogens with zero attached hydrogens (tertiary/aromatic N) is 1. The SMILES string of the molecule is O=C(Nc1ccc2c(c1)C(=O)N(Cc1ccccc1)C2=O)c1ccc(O)c(O)c1. The normalized spacial score (nSPS) is 12.8. The first-order valence-corrected chi connectivity index (χ1v) is 8.81. The molecule has 3 amide bonds. The third-order valence-electron chi connectivity index (χ3n) is 4.65. The number of amides is 3. The third kappa shape index (κ3) is 3.41. The maximum atomic E-state index is 12.7. The van der Waals surface area contributed by atoms with Gasteiger partial charge in [0.05, 0.1) is 17.7 Å². The van der Waals surface area contributed by atoms with Crippen molar-refractivity contribution in [1.82, 2.24) is 4.90 Å². The summed E-state index contributed by atoms with van der Waals surface area (Å²) in [5.41, 5.74) is 1.81. The van der Waals surface area contributed by atoms with E-state index in [1.54, 1.807) is 0 Å². The summed E-state index contributed by atoms with van der Waals surface area (Å²) in [6.45, 7) is 0.168. The largest absolute Gasteiger partial charge is 0.504 e. The number of imide groups is 1. The fourth-order valence-electron chi connectivity index (χ4n) is 3.15. The number of phenols is 2. The number of aromatic hydroxyl groups is 2. The summed E-state index contributed by atoms with van der Waals surface area (Å²) in [4.78, 5) is 38.9. The number of carbonyl (C=O) groups is 3. The smallest absolute Gasteiger partial charge is 0.261 e. The molecule has 7 nitrogen and oxygen atoms in total. The van der Waals surface area contributed by atoms with E-state index in [9.17, 15) is 24.6 Å². The standard InChI is InChI=1S/C22H16N2O5/c25-18-9-6-14(10-19(18)26)20(27)23-15-7-8-16-17(11-15)22(29)24(21(16)28)12-13-4-2-1-3-5-13/h1-11,25-26H,12H2,(H,23,27). The van der Waals surface area contributed by atoms with Gasteiger partial charge in [-0.25, -0.2) is 0 Å². The Morgan fingerprint density at radius 1 is 0.828 bits per heavy atom. The zero-order valence-electron chi connectivity index (χ0n) is 15.1. The first kappa shape index (κ1) is 18.2. The van der Waals surface area contributed by atoms with Crippen LogP contribution in [-0.2, 0) is 6.54 Å². The molecule has 0 radical (unpaired) electrons. The second kappa shape index (κ2) is 7.12. The van der Waals surface area contributed by atoms with Crippen LogP contribution in [0.2, 0.25) is 0 Å². The Kier molecular flexibility index (Phi) is 4.48. The molecular formula is C22H16N2O5. The zero-order valence-corrected chi connectivity index (χ0v) is 15.1. The van der Waals surface area contributed by atoms with E-state index >= 15 is 0 Å². The molecule has 0 fully saturated rings. The lowest BCUT2D eigenvalue weighted by atomic mass is 10.1. The minimum absolute atomic E-state index is 0.133. The molecule has 0 spiro atoms. The molecule has 4 rings (SSSR count). The second-order valence-corrected chi connectivity index (χ2v) is 6.60. The lowest BCUT2D eigenvalue weighted by molar-refractivity contribution is 0.0642. The number of hydrogen-bond donors (Lipinski definition) is 3. The molecule has 3 aromatic rings. The van der Waals surface area contributed by atoms with Crippen LogP contribution in [0.25, 0.3) is 0 Å². The van der Waals surface area contributed by atoms with E-state index in [4.69, 9.17) is 0 Å². The van der Waals surface area contributed by atoms with Gasteiger partial charge in [-0.3, -0.25) is 19.3 Å². The quantitative estimate of drug-likeness (QED) is 0.470. The molecule has 3 aromatic carbocycles. The van der Waals surface area contributed by atoms with Gasteiger partial charge in [0.15, 0.2) is 11.5 Å². The van der Waals surface area contributed by atoms with Gasteiger partial charge < -0.3 is 15.5 Å². The summed E-state index contributed by atoms with van der Waals surface area (Å²) >= 11 is 0. The molecule has 0 unspecified atom stereocenters. The summed E-state index contributed by atoms with van der Waals surface area (Å²) in [7, 11) is 0. The van der Waals surface area contributed by atoms with E-state index in [2.05, 4.69) is 5.32 Å². The van der Waals surface area contributed by atoms with E-state index < -0.39 is 17.6 Å². The molecule has 1 aliphatic heterocycles. The van der Waals surface area contributed by atoms with Gasteiger partial charge >= 0.3 is 0 Å². The average molecular weight is 388 g/mol.